The average molecular weight is 410 g/mol. The number of hydrogen-bond acceptors (Lipinski definition) is 3. The van der Waals surface area contributed by atoms with Crippen LogP contribution in [0.4, 0.5) is 10.2 Å². The van der Waals surface area contributed by atoms with Crippen LogP contribution in [0, 0.1) is 23.6 Å². The predicted octanol–water partition coefficient (Wildman–Crippen LogP) is 5.58. The third-order valence-corrected chi connectivity index (χ3v) is 6.77. The van der Waals surface area contributed by atoms with Crippen LogP contribution in [-0.4, -0.2) is 15.9 Å². The van der Waals surface area contributed by atoms with E-state index in [9.17, 15) is 9.18 Å². The molecule has 0 bridgehead atoms. The molecular formula is C23H21ClFN3O. The van der Waals surface area contributed by atoms with E-state index in [1.807, 2.05) is 12.3 Å². The van der Waals surface area contributed by atoms with Crippen LogP contribution >= 0.6 is 11.6 Å². The molecule has 2 aromatic heterocycles. The molecule has 0 spiro atoms. The summed E-state index contributed by atoms with van der Waals surface area (Å²) in [4.78, 5) is 21.2. The van der Waals surface area contributed by atoms with Crippen molar-refractivity contribution in [2.24, 2.45) is 17.8 Å². The number of amides is 1. The molecule has 0 radical (unpaired) electrons. The number of carbonyl (C=O) groups excluding carboxylic acids is 1. The molecule has 0 saturated heterocycles. The fourth-order valence-corrected chi connectivity index (χ4v) is 5.37. The zero-order valence-electron chi connectivity index (χ0n) is 15.8. The number of carbonyl (C=O) groups is 1. The molecule has 1 unspecified atom stereocenters. The summed E-state index contributed by atoms with van der Waals surface area (Å²) in [5.41, 5.74) is 2.03. The molecule has 1 amide bonds. The van der Waals surface area contributed by atoms with Crippen molar-refractivity contribution in [3.63, 3.8) is 0 Å². The zero-order valence-corrected chi connectivity index (χ0v) is 16.6. The fraction of sp³-hybridized carbons (Fsp3) is 0.348. The summed E-state index contributed by atoms with van der Waals surface area (Å²) in [5, 5.41) is 4.38. The smallest absolute Gasteiger partial charge is 0.228 e. The third-order valence-electron chi connectivity index (χ3n) is 6.54. The number of nitrogens with one attached hydrogen (secondary N) is 1. The minimum atomic E-state index is -0.225. The number of anilines is 1. The van der Waals surface area contributed by atoms with E-state index >= 15 is 0 Å². The van der Waals surface area contributed by atoms with Crippen molar-refractivity contribution in [1.29, 1.82) is 0 Å². The Kier molecular flexibility index (Phi) is 4.70. The lowest BCUT2D eigenvalue weighted by atomic mass is 9.90. The van der Waals surface area contributed by atoms with Crippen LogP contribution in [0.25, 0.3) is 10.9 Å². The standard InChI is InChI=1S/C23H21ClFN3O/c24-17-1-4-22(27-12-17)28-23(29)16-9-13-7-15(8-14(13)10-16)19-5-6-26-21-3-2-18(25)11-20(19)21/h1-6,11-16H,7-10H2,(H,27,28,29)/t13-,14?,15-,16+/m1/s1. The van der Waals surface area contributed by atoms with Crippen LogP contribution in [0.3, 0.4) is 0 Å². The number of fused-ring (bicyclic) bond motifs is 2. The minimum Gasteiger partial charge on any atom is -0.310 e. The Hall–Kier alpha value is -2.53. The van der Waals surface area contributed by atoms with Gasteiger partial charge in [0.15, 0.2) is 0 Å². The van der Waals surface area contributed by atoms with Gasteiger partial charge in [-0.05, 0) is 85.4 Å². The molecular weight excluding hydrogens is 389 g/mol. The number of halogens is 2. The Balaban J connectivity index is 1.27. The van der Waals surface area contributed by atoms with E-state index < -0.39 is 0 Å². The third kappa shape index (κ3) is 3.60. The Bertz CT molecular complexity index is 1060. The molecule has 1 N–H and O–H groups in total. The number of aromatic nitrogens is 2. The van der Waals surface area contributed by atoms with E-state index in [0.29, 0.717) is 28.6 Å². The summed E-state index contributed by atoms with van der Waals surface area (Å²) in [7, 11) is 0. The molecule has 2 aliphatic carbocycles. The van der Waals surface area contributed by atoms with Gasteiger partial charge in [0, 0.05) is 23.7 Å². The van der Waals surface area contributed by atoms with E-state index in [2.05, 4.69) is 15.3 Å². The Morgan fingerprint density at radius 2 is 1.83 bits per heavy atom. The molecule has 4 atom stereocenters. The fourth-order valence-electron chi connectivity index (χ4n) is 5.26. The first-order chi connectivity index (χ1) is 14.1. The minimum absolute atomic E-state index is 0.0232. The second-order valence-electron chi connectivity index (χ2n) is 8.27. The highest BCUT2D eigenvalue weighted by Gasteiger charge is 2.44. The number of nitrogens with zero attached hydrogens (tertiary/aromatic N) is 2. The van der Waals surface area contributed by atoms with Crippen molar-refractivity contribution in [1.82, 2.24) is 9.97 Å². The molecule has 2 fully saturated rings. The number of benzene rings is 1. The molecule has 2 heterocycles. The lowest BCUT2D eigenvalue weighted by Gasteiger charge is -2.16. The van der Waals surface area contributed by atoms with Crippen molar-refractivity contribution in [3.05, 3.63) is 65.2 Å². The second kappa shape index (κ2) is 7.38. The molecule has 148 valence electrons. The van der Waals surface area contributed by atoms with Crippen molar-refractivity contribution in [2.75, 3.05) is 5.32 Å². The van der Waals surface area contributed by atoms with E-state index in [0.717, 1.165) is 36.6 Å². The van der Waals surface area contributed by atoms with Crippen molar-refractivity contribution < 1.29 is 9.18 Å². The summed E-state index contributed by atoms with van der Waals surface area (Å²) in [6.45, 7) is 0. The molecule has 29 heavy (non-hydrogen) atoms. The van der Waals surface area contributed by atoms with E-state index in [4.69, 9.17) is 11.6 Å². The van der Waals surface area contributed by atoms with Crippen molar-refractivity contribution in [3.8, 4) is 0 Å². The van der Waals surface area contributed by atoms with Crippen LogP contribution in [0.1, 0.15) is 37.2 Å². The maximum atomic E-state index is 13.8. The van der Waals surface area contributed by atoms with Crippen LogP contribution in [-0.2, 0) is 4.79 Å². The second-order valence-corrected chi connectivity index (χ2v) is 8.71. The van der Waals surface area contributed by atoms with Crippen LogP contribution < -0.4 is 5.32 Å². The first-order valence-electron chi connectivity index (χ1n) is 10.0. The van der Waals surface area contributed by atoms with Gasteiger partial charge in [-0.3, -0.25) is 9.78 Å². The average Bonchev–Trinajstić information content (AvgIpc) is 3.28. The summed E-state index contributed by atoms with van der Waals surface area (Å²) in [6.07, 6.45) is 7.24. The molecule has 0 aliphatic heterocycles. The highest BCUT2D eigenvalue weighted by Crippen LogP contribution is 2.53. The topological polar surface area (TPSA) is 54.9 Å². The monoisotopic (exact) mass is 409 g/mol. The van der Waals surface area contributed by atoms with Gasteiger partial charge in [-0.25, -0.2) is 9.37 Å². The number of rotatable bonds is 3. The zero-order chi connectivity index (χ0) is 20.0. The first kappa shape index (κ1) is 18.5. The van der Waals surface area contributed by atoms with Crippen LogP contribution in [0.2, 0.25) is 5.02 Å². The number of hydrogen-bond donors (Lipinski definition) is 1. The molecule has 6 heteroatoms. The normalized spacial score (nSPS) is 25.9. The van der Waals surface area contributed by atoms with Crippen LogP contribution in [0.15, 0.2) is 48.8 Å². The highest BCUT2D eigenvalue weighted by molar-refractivity contribution is 6.30. The SMILES string of the molecule is O=C(Nc1ccc(Cl)cn1)[C@@H]1CC2C[C@H](c3ccnc4ccc(F)cc34)C[C@@H]2C1. The van der Waals surface area contributed by atoms with Gasteiger partial charge in [0.05, 0.1) is 10.5 Å². The lowest BCUT2D eigenvalue weighted by Crippen LogP contribution is -2.22. The van der Waals surface area contributed by atoms with Crippen LogP contribution in [0.5, 0.6) is 0 Å². The van der Waals surface area contributed by atoms with Gasteiger partial charge in [0.25, 0.3) is 0 Å². The quantitative estimate of drug-likeness (QED) is 0.614. The summed E-state index contributed by atoms with van der Waals surface area (Å²) in [6, 6.07) is 10.3. The molecule has 4 nitrogen and oxygen atoms in total. The Labute approximate surface area is 173 Å². The lowest BCUT2D eigenvalue weighted by molar-refractivity contribution is -0.119. The Morgan fingerprint density at radius 3 is 2.55 bits per heavy atom. The molecule has 2 saturated carbocycles. The largest absolute Gasteiger partial charge is 0.310 e. The van der Waals surface area contributed by atoms with E-state index in [1.54, 1.807) is 24.3 Å². The van der Waals surface area contributed by atoms with Gasteiger partial charge in [-0.15, -0.1) is 0 Å². The summed E-state index contributed by atoms with van der Waals surface area (Å²) in [5.74, 6) is 1.85. The maximum Gasteiger partial charge on any atom is 0.228 e. The molecule has 1 aromatic carbocycles. The van der Waals surface area contributed by atoms with Gasteiger partial charge in [0.2, 0.25) is 5.91 Å². The summed E-state index contributed by atoms with van der Waals surface area (Å²) < 4.78 is 13.8. The van der Waals surface area contributed by atoms with Gasteiger partial charge < -0.3 is 5.32 Å². The number of pyridine rings is 2. The summed E-state index contributed by atoms with van der Waals surface area (Å²) >= 11 is 5.85. The van der Waals surface area contributed by atoms with E-state index in [-0.39, 0.29) is 17.6 Å². The van der Waals surface area contributed by atoms with Gasteiger partial charge in [-0.2, -0.15) is 0 Å². The van der Waals surface area contributed by atoms with Crippen molar-refractivity contribution >= 4 is 34.2 Å². The first-order valence-corrected chi connectivity index (χ1v) is 10.4. The van der Waals surface area contributed by atoms with E-state index in [1.165, 1.54) is 17.8 Å². The van der Waals surface area contributed by atoms with Gasteiger partial charge in [-0.1, -0.05) is 11.6 Å². The van der Waals surface area contributed by atoms with Gasteiger partial charge in [0.1, 0.15) is 11.6 Å². The molecule has 2 aliphatic rings. The van der Waals surface area contributed by atoms with Crippen molar-refractivity contribution in [2.45, 2.75) is 31.6 Å². The highest BCUT2D eigenvalue weighted by atomic mass is 35.5. The molecule has 3 aromatic rings. The predicted molar refractivity (Wildman–Crippen MR) is 111 cm³/mol. The Morgan fingerprint density at radius 1 is 1.03 bits per heavy atom. The molecule has 5 rings (SSSR count). The maximum absolute atomic E-state index is 13.8. The van der Waals surface area contributed by atoms with Gasteiger partial charge >= 0.3 is 0 Å².